The van der Waals surface area contributed by atoms with Gasteiger partial charge in [0, 0.05) is 5.56 Å². The minimum atomic E-state index is -0.301. The van der Waals surface area contributed by atoms with Crippen LogP contribution in [-0.4, -0.2) is 22.3 Å². The molecule has 0 spiro atoms. The lowest BCUT2D eigenvalue weighted by molar-refractivity contribution is -0.120. The smallest absolute Gasteiger partial charge is 0.244 e. The number of hydrazone groups is 1. The summed E-state index contributed by atoms with van der Waals surface area (Å²) in [7, 11) is 0. The number of hydrogen-bond donors (Lipinski definition) is 3. The number of rotatable bonds is 4. The molecule has 0 aliphatic heterocycles. The zero-order chi connectivity index (χ0) is 15.2. The molecule has 0 fully saturated rings. The molecule has 0 atom stereocenters. The number of carbonyl (C=O) groups excluding carboxylic acids is 1. The number of amides is 1. The fraction of sp³-hybridized carbons (Fsp3) is 0.125. The minimum Gasteiger partial charge on any atom is -0.508 e. The molecule has 5 heteroatoms. The van der Waals surface area contributed by atoms with Gasteiger partial charge in [-0.25, -0.2) is 5.43 Å². The Morgan fingerprint density at radius 1 is 1.24 bits per heavy atom. The van der Waals surface area contributed by atoms with Crippen LogP contribution in [0.25, 0.3) is 0 Å². The average molecular weight is 284 g/mol. The molecule has 0 aliphatic carbocycles. The SMILES string of the molecule is Cc1cccc(O)c1C=NNC(=O)Cc1cccc(O)c1. The summed E-state index contributed by atoms with van der Waals surface area (Å²) in [5, 5.41) is 22.8. The normalized spacial score (nSPS) is 10.7. The first-order chi connectivity index (χ1) is 10.1. The van der Waals surface area contributed by atoms with Crippen LogP contribution in [0.5, 0.6) is 11.5 Å². The highest BCUT2D eigenvalue weighted by Gasteiger charge is 2.04. The molecule has 0 aromatic heterocycles. The summed E-state index contributed by atoms with van der Waals surface area (Å²) >= 11 is 0. The summed E-state index contributed by atoms with van der Waals surface area (Å²) in [5.41, 5.74) is 4.51. The molecule has 2 rings (SSSR count). The highest BCUT2D eigenvalue weighted by atomic mass is 16.3. The number of benzene rings is 2. The molecular weight excluding hydrogens is 268 g/mol. The Kier molecular flexibility index (Phi) is 4.56. The van der Waals surface area contributed by atoms with Gasteiger partial charge in [0.15, 0.2) is 0 Å². The van der Waals surface area contributed by atoms with Gasteiger partial charge in [0.05, 0.1) is 12.6 Å². The molecule has 1 amide bonds. The fourth-order valence-electron chi connectivity index (χ4n) is 1.89. The topological polar surface area (TPSA) is 81.9 Å². The van der Waals surface area contributed by atoms with Crippen LogP contribution in [0.2, 0.25) is 0 Å². The summed E-state index contributed by atoms with van der Waals surface area (Å²) in [6.45, 7) is 1.84. The van der Waals surface area contributed by atoms with E-state index in [0.717, 1.165) is 5.56 Å². The van der Waals surface area contributed by atoms with Crippen molar-refractivity contribution in [2.45, 2.75) is 13.3 Å². The second kappa shape index (κ2) is 6.56. The van der Waals surface area contributed by atoms with Crippen LogP contribution in [0.1, 0.15) is 16.7 Å². The van der Waals surface area contributed by atoms with Crippen molar-refractivity contribution < 1.29 is 15.0 Å². The van der Waals surface area contributed by atoms with Gasteiger partial charge < -0.3 is 10.2 Å². The summed E-state index contributed by atoms with van der Waals surface area (Å²) in [5.74, 6) is -0.0699. The Bertz CT molecular complexity index is 661. The van der Waals surface area contributed by atoms with Crippen LogP contribution in [0, 0.1) is 6.92 Å². The van der Waals surface area contributed by atoms with E-state index in [1.807, 2.05) is 13.0 Å². The molecule has 0 saturated carbocycles. The van der Waals surface area contributed by atoms with E-state index in [0.29, 0.717) is 11.1 Å². The molecule has 0 radical (unpaired) electrons. The van der Waals surface area contributed by atoms with Gasteiger partial charge in [-0.1, -0.05) is 24.3 Å². The molecule has 0 aliphatic rings. The van der Waals surface area contributed by atoms with Gasteiger partial charge in [0.2, 0.25) is 5.91 Å². The van der Waals surface area contributed by atoms with Gasteiger partial charge in [-0.2, -0.15) is 5.10 Å². The van der Waals surface area contributed by atoms with Gasteiger partial charge in [0.1, 0.15) is 11.5 Å². The molecule has 0 bridgehead atoms. The summed E-state index contributed by atoms with van der Waals surface area (Å²) < 4.78 is 0. The number of phenolic OH excluding ortho intramolecular Hbond substituents is 2. The monoisotopic (exact) mass is 284 g/mol. The third kappa shape index (κ3) is 4.07. The Morgan fingerprint density at radius 2 is 2.00 bits per heavy atom. The molecule has 0 unspecified atom stereocenters. The largest absolute Gasteiger partial charge is 0.508 e. The van der Waals surface area contributed by atoms with Crippen molar-refractivity contribution in [3.05, 3.63) is 59.2 Å². The predicted molar refractivity (Wildman–Crippen MR) is 80.4 cm³/mol. The molecule has 108 valence electrons. The van der Waals surface area contributed by atoms with E-state index in [1.165, 1.54) is 12.3 Å². The quantitative estimate of drug-likeness (QED) is 0.594. The molecule has 0 heterocycles. The maximum Gasteiger partial charge on any atom is 0.244 e. The molecular formula is C16H16N2O3. The predicted octanol–water partition coefficient (Wildman–Crippen LogP) is 2.10. The lowest BCUT2D eigenvalue weighted by Gasteiger charge is -2.03. The van der Waals surface area contributed by atoms with E-state index >= 15 is 0 Å². The first-order valence-electron chi connectivity index (χ1n) is 6.44. The zero-order valence-corrected chi connectivity index (χ0v) is 11.6. The third-order valence-electron chi connectivity index (χ3n) is 2.96. The molecule has 3 N–H and O–H groups in total. The summed E-state index contributed by atoms with van der Waals surface area (Å²) in [6, 6.07) is 11.6. The van der Waals surface area contributed by atoms with E-state index in [4.69, 9.17) is 0 Å². The number of carbonyl (C=O) groups is 1. The molecule has 5 nitrogen and oxygen atoms in total. The number of nitrogens with one attached hydrogen (secondary N) is 1. The van der Waals surface area contributed by atoms with Crippen molar-refractivity contribution in [3.8, 4) is 11.5 Å². The van der Waals surface area contributed by atoms with E-state index in [-0.39, 0.29) is 23.8 Å². The second-order valence-corrected chi connectivity index (χ2v) is 4.65. The Labute approximate surface area is 122 Å². The van der Waals surface area contributed by atoms with Crippen LogP contribution in [-0.2, 0) is 11.2 Å². The van der Waals surface area contributed by atoms with E-state index in [2.05, 4.69) is 10.5 Å². The van der Waals surface area contributed by atoms with Crippen LogP contribution in [0.15, 0.2) is 47.6 Å². The molecule has 21 heavy (non-hydrogen) atoms. The highest BCUT2D eigenvalue weighted by molar-refractivity contribution is 5.87. The minimum absolute atomic E-state index is 0.112. The Hall–Kier alpha value is -2.82. The Morgan fingerprint density at radius 3 is 2.71 bits per heavy atom. The van der Waals surface area contributed by atoms with Crippen molar-refractivity contribution in [1.82, 2.24) is 5.43 Å². The third-order valence-corrected chi connectivity index (χ3v) is 2.96. The summed E-state index contributed by atoms with van der Waals surface area (Å²) in [4.78, 5) is 11.7. The maximum atomic E-state index is 11.7. The van der Waals surface area contributed by atoms with Crippen LogP contribution in [0.4, 0.5) is 0 Å². The van der Waals surface area contributed by atoms with Crippen LogP contribution in [0.3, 0.4) is 0 Å². The van der Waals surface area contributed by atoms with Crippen molar-refractivity contribution in [2.24, 2.45) is 5.10 Å². The first-order valence-corrected chi connectivity index (χ1v) is 6.44. The number of hydrogen-bond acceptors (Lipinski definition) is 4. The lowest BCUT2D eigenvalue weighted by Crippen LogP contribution is -2.19. The van der Waals surface area contributed by atoms with E-state index in [1.54, 1.807) is 30.3 Å². The molecule has 0 saturated heterocycles. The van der Waals surface area contributed by atoms with Crippen LogP contribution < -0.4 is 5.43 Å². The number of nitrogens with zero attached hydrogens (tertiary/aromatic N) is 1. The Balaban J connectivity index is 1.96. The maximum absolute atomic E-state index is 11.7. The second-order valence-electron chi connectivity index (χ2n) is 4.65. The van der Waals surface area contributed by atoms with Crippen molar-refractivity contribution in [3.63, 3.8) is 0 Å². The van der Waals surface area contributed by atoms with Crippen LogP contribution >= 0.6 is 0 Å². The zero-order valence-electron chi connectivity index (χ0n) is 11.6. The standard InChI is InChI=1S/C16H16N2O3/c1-11-4-2-7-15(20)14(11)10-17-18-16(21)9-12-5-3-6-13(19)8-12/h2-8,10,19-20H,9H2,1H3,(H,18,21). The fourth-order valence-corrected chi connectivity index (χ4v) is 1.89. The van der Waals surface area contributed by atoms with Gasteiger partial charge >= 0.3 is 0 Å². The van der Waals surface area contributed by atoms with E-state index < -0.39 is 0 Å². The molecule has 2 aromatic rings. The number of aromatic hydroxyl groups is 2. The summed E-state index contributed by atoms with van der Waals surface area (Å²) in [6.07, 6.45) is 1.52. The average Bonchev–Trinajstić information content (AvgIpc) is 2.42. The van der Waals surface area contributed by atoms with E-state index in [9.17, 15) is 15.0 Å². The van der Waals surface area contributed by atoms with Gasteiger partial charge in [-0.15, -0.1) is 0 Å². The van der Waals surface area contributed by atoms with Crippen molar-refractivity contribution in [1.29, 1.82) is 0 Å². The lowest BCUT2D eigenvalue weighted by atomic mass is 10.1. The number of phenols is 2. The van der Waals surface area contributed by atoms with Gasteiger partial charge in [-0.05, 0) is 36.2 Å². The highest BCUT2D eigenvalue weighted by Crippen LogP contribution is 2.17. The van der Waals surface area contributed by atoms with Gasteiger partial charge in [0.25, 0.3) is 0 Å². The van der Waals surface area contributed by atoms with Crippen molar-refractivity contribution >= 4 is 12.1 Å². The number of aryl methyl sites for hydroxylation is 1. The van der Waals surface area contributed by atoms with Crippen molar-refractivity contribution in [2.75, 3.05) is 0 Å². The first kappa shape index (κ1) is 14.6. The molecule has 2 aromatic carbocycles. The van der Waals surface area contributed by atoms with Gasteiger partial charge in [-0.3, -0.25) is 4.79 Å².